The molecule has 2 atom stereocenters. The normalized spacial score (nSPS) is 14.3. The zero-order chi connectivity index (χ0) is 15.2. The van der Waals surface area contributed by atoms with E-state index in [1.165, 1.54) is 5.56 Å². The first kappa shape index (κ1) is 15.8. The van der Waals surface area contributed by atoms with Crippen molar-refractivity contribution in [1.82, 2.24) is 9.55 Å². The summed E-state index contributed by atoms with van der Waals surface area (Å²) >= 11 is 0. The van der Waals surface area contributed by atoms with Crippen LogP contribution in [0.25, 0.3) is 0 Å². The molecule has 0 bridgehead atoms. The lowest BCUT2D eigenvalue weighted by molar-refractivity contribution is 0.442. The van der Waals surface area contributed by atoms with Gasteiger partial charge in [-0.2, -0.15) is 0 Å². The van der Waals surface area contributed by atoms with Gasteiger partial charge in [0.25, 0.3) is 0 Å². The fourth-order valence-electron chi connectivity index (χ4n) is 2.76. The van der Waals surface area contributed by atoms with Crippen molar-refractivity contribution in [2.45, 2.75) is 52.1 Å². The molecule has 2 rings (SSSR count). The molecule has 0 aliphatic carbocycles. The van der Waals surface area contributed by atoms with Crippen LogP contribution in [0.2, 0.25) is 0 Å². The predicted octanol–water partition coefficient (Wildman–Crippen LogP) is 4.12. The first-order valence-corrected chi connectivity index (χ1v) is 7.89. The lowest BCUT2D eigenvalue weighted by Gasteiger charge is -2.21. The number of imidazole rings is 1. The molecule has 1 aromatic heterocycles. The van der Waals surface area contributed by atoms with E-state index in [-0.39, 0.29) is 6.04 Å². The van der Waals surface area contributed by atoms with Crippen molar-refractivity contribution in [3.63, 3.8) is 0 Å². The standard InChI is InChI=1S/C18H27N3/c1-14(2)11-17(19)18-12-20-13-21(18)15(3)9-10-16-7-5-4-6-8-16/h4-8,12-15,17H,9-11,19H2,1-3H3. The van der Waals surface area contributed by atoms with Gasteiger partial charge in [-0.3, -0.25) is 0 Å². The smallest absolute Gasteiger partial charge is 0.0951 e. The summed E-state index contributed by atoms with van der Waals surface area (Å²) in [5.74, 6) is 0.600. The average molecular weight is 285 g/mol. The van der Waals surface area contributed by atoms with Crippen LogP contribution in [0.5, 0.6) is 0 Å². The van der Waals surface area contributed by atoms with Gasteiger partial charge in [0.2, 0.25) is 0 Å². The molecule has 0 aliphatic rings. The highest BCUT2D eigenvalue weighted by molar-refractivity contribution is 5.15. The SMILES string of the molecule is CC(C)CC(N)c1cncn1C(C)CCc1ccccc1. The van der Waals surface area contributed by atoms with Gasteiger partial charge in [-0.1, -0.05) is 44.2 Å². The molecule has 0 spiro atoms. The van der Waals surface area contributed by atoms with Crippen molar-refractivity contribution >= 4 is 0 Å². The second-order valence-corrected chi connectivity index (χ2v) is 6.34. The van der Waals surface area contributed by atoms with Crippen LogP contribution >= 0.6 is 0 Å². The number of hydrogen-bond acceptors (Lipinski definition) is 2. The Bertz CT molecular complexity index is 530. The van der Waals surface area contributed by atoms with Gasteiger partial charge < -0.3 is 10.3 Å². The third-order valence-corrected chi connectivity index (χ3v) is 3.97. The molecule has 2 aromatic rings. The van der Waals surface area contributed by atoms with E-state index < -0.39 is 0 Å². The highest BCUT2D eigenvalue weighted by atomic mass is 15.1. The summed E-state index contributed by atoms with van der Waals surface area (Å²) in [4.78, 5) is 4.31. The van der Waals surface area contributed by atoms with Crippen LogP contribution in [0.15, 0.2) is 42.9 Å². The van der Waals surface area contributed by atoms with Gasteiger partial charge in [-0.15, -0.1) is 0 Å². The van der Waals surface area contributed by atoms with Crippen LogP contribution < -0.4 is 5.73 Å². The molecular formula is C18H27N3. The predicted molar refractivity (Wildman–Crippen MR) is 88.1 cm³/mol. The summed E-state index contributed by atoms with van der Waals surface area (Å²) in [6.45, 7) is 6.66. The van der Waals surface area contributed by atoms with Crippen molar-refractivity contribution in [1.29, 1.82) is 0 Å². The van der Waals surface area contributed by atoms with Crippen molar-refractivity contribution in [3.05, 3.63) is 54.1 Å². The van der Waals surface area contributed by atoms with E-state index in [4.69, 9.17) is 5.73 Å². The molecule has 0 saturated carbocycles. The lowest BCUT2D eigenvalue weighted by Crippen LogP contribution is -2.19. The largest absolute Gasteiger partial charge is 0.330 e. The van der Waals surface area contributed by atoms with Gasteiger partial charge in [-0.25, -0.2) is 4.98 Å². The summed E-state index contributed by atoms with van der Waals surface area (Å²) in [7, 11) is 0. The third-order valence-electron chi connectivity index (χ3n) is 3.97. The maximum absolute atomic E-state index is 6.33. The first-order valence-electron chi connectivity index (χ1n) is 7.89. The molecule has 21 heavy (non-hydrogen) atoms. The summed E-state index contributed by atoms with van der Waals surface area (Å²) in [6, 6.07) is 11.1. The molecule has 3 heteroatoms. The van der Waals surface area contributed by atoms with Crippen molar-refractivity contribution in [3.8, 4) is 0 Å². The molecule has 0 saturated heterocycles. The molecular weight excluding hydrogens is 258 g/mol. The average Bonchev–Trinajstić information content (AvgIpc) is 2.95. The Labute approximate surface area is 128 Å². The van der Waals surface area contributed by atoms with E-state index in [0.29, 0.717) is 12.0 Å². The third kappa shape index (κ3) is 4.43. The Morgan fingerprint density at radius 3 is 2.52 bits per heavy atom. The summed E-state index contributed by atoms with van der Waals surface area (Å²) in [5.41, 5.74) is 8.87. The number of nitrogens with zero attached hydrogens (tertiary/aromatic N) is 2. The molecule has 1 heterocycles. The Hall–Kier alpha value is -1.61. The Morgan fingerprint density at radius 2 is 1.86 bits per heavy atom. The number of hydrogen-bond donors (Lipinski definition) is 1. The highest BCUT2D eigenvalue weighted by Gasteiger charge is 2.16. The lowest BCUT2D eigenvalue weighted by atomic mass is 10.0. The van der Waals surface area contributed by atoms with E-state index in [9.17, 15) is 0 Å². The molecule has 0 aliphatic heterocycles. The summed E-state index contributed by atoms with van der Waals surface area (Å²) < 4.78 is 2.25. The molecule has 2 unspecified atom stereocenters. The molecule has 0 radical (unpaired) electrons. The summed E-state index contributed by atoms with van der Waals surface area (Å²) in [5, 5.41) is 0. The molecule has 0 amide bonds. The van der Waals surface area contributed by atoms with Crippen LogP contribution in [0.3, 0.4) is 0 Å². The topological polar surface area (TPSA) is 43.8 Å². The van der Waals surface area contributed by atoms with Crippen molar-refractivity contribution in [2.24, 2.45) is 11.7 Å². The maximum atomic E-state index is 6.33. The number of rotatable bonds is 7. The highest BCUT2D eigenvalue weighted by Crippen LogP contribution is 2.23. The fraction of sp³-hybridized carbons (Fsp3) is 0.500. The van der Waals surface area contributed by atoms with E-state index in [2.05, 4.69) is 60.7 Å². The van der Waals surface area contributed by atoms with Gasteiger partial charge in [0.05, 0.1) is 12.0 Å². The van der Waals surface area contributed by atoms with E-state index in [1.54, 1.807) is 0 Å². The second-order valence-electron chi connectivity index (χ2n) is 6.34. The Balaban J connectivity index is 1.99. The zero-order valence-electron chi connectivity index (χ0n) is 13.4. The van der Waals surface area contributed by atoms with Crippen LogP contribution in [-0.4, -0.2) is 9.55 Å². The first-order chi connectivity index (χ1) is 10.1. The minimum absolute atomic E-state index is 0.0756. The minimum atomic E-state index is 0.0756. The van der Waals surface area contributed by atoms with Gasteiger partial charge in [0.1, 0.15) is 0 Å². The van der Waals surface area contributed by atoms with Crippen LogP contribution in [-0.2, 0) is 6.42 Å². The quantitative estimate of drug-likeness (QED) is 0.831. The number of benzene rings is 1. The van der Waals surface area contributed by atoms with Crippen LogP contribution in [0.1, 0.15) is 57.0 Å². The summed E-state index contributed by atoms with van der Waals surface area (Å²) in [6.07, 6.45) is 7.02. The van der Waals surface area contributed by atoms with E-state index >= 15 is 0 Å². The van der Waals surface area contributed by atoms with Crippen LogP contribution in [0, 0.1) is 5.92 Å². The van der Waals surface area contributed by atoms with Crippen LogP contribution in [0.4, 0.5) is 0 Å². The second kappa shape index (κ2) is 7.41. The molecule has 1 aromatic carbocycles. The monoisotopic (exact) mass is 285 g/mol. The minimum Gasteiger partial charge on any atom is -0.330 e. The van der Waals surface area contributed by atoms with Crippen molar-refractivity contribution < 1.29 is 0 Å². The van der Waals surface area contributed by atoms with Gasteiger partial charge >= 0.3 is 0 Å². The Kier molecular flexibility index (Phi) is 5.57. The maximum Gasteiger partial charge on any atom is 0.0951 e. The number of nitrogens with two attached hydrogens (primary N) is 1. The van der Waals surface area contributed by atoms with Gasteiger partial charge in [0.15, 0.2) is 0 Å². The van der Waals surface area contributed by atoms with Gasteiger partial charge in [-0.05, 0) is 37.7 Å². The fourth-order valence-corrected chi connectivity index (χ4v) is 2.76. The van der Waals surface area contributed by atoms with E-state index in [0.717, 1.165) is 25.0 Å². The number of aromatic nitrogens is 2. The zero-order valence-corrected chi connectivity index (χ0v) is 13.4. The molecule has 114 valence electrons. The molecule has 0 fully saturated rings. The molecule has 3 nitrogen and oxygen atoms in total. The Morgan fingerprint density at radius 1 is 1.14 bits per heavy atom. The van der Waals surface area contributed by atoms with Gasteiger partial charge in [0, 0.05) is 18.3 Å². The molecule has 2 N–H and O–H groups in total. The number of aryl methyl sites for hydroxylation is 1. The van der Waals surface area contributed by atoms with E-state index in [1.807, 2.05) is 12.5 Å². The van der Waals surface area contributed by atoms with Crippen molar-refractivity contribution in [2.75, 3.05) is 0 Å².